The number of aryl methyl sites for hydroxylation is 1. The molecule has 1 saturated heterocycles. The van der Waals surface area contributed by atoms with Crippen LogP contribution in [0.2, 0.25) is 0 Å². The summed E-state index contributed by atoms with van der Waals surface area (Å²) in [7, 11) is 0. The van der Waals surface area contributed by atoms with Crippen LogP contribution in [0.15, 0.2) is 24.3 Å². The van der Waals surface area contributed by atoms with Crippen molar-refractivity contribution in [3.8, 4) is 0 Å². The topological polar surface area (TPSA) is 40.5 Å². The Morgan fingerprint density at radius 2 is 2.12 bits per heavy atom. The minimum absolute atomic E-state index is 0.292. The lowest BCUT2D eigenvalue weighted by molar-refractivity contribution is -0.142. The van der Waals surface area contributed by atoms with Gasteiger partial charge in [0, 0.05) is 6.54 Å². The van der Waals surface area contributed by atoms with Crippen LogP contribution in [-0.4, -0.2) is 28.6 Å². The van der Waals surface area contributed by atoms with E-state index in [1.165, 1.54) is 11.1 Å². The molecule has 0 unspecified atom stereocenters. The molecule has 3 heteroatoms. The Bertz CT molecular complexity index is 403. The molecule has 1 aliphatic heterocycles. The number of hydrogen-bond donors (Lipinski definition) is 1. The van der Waals surface area contributed by atoms with Crippen molar-refractivity contribution in [3.63, 3.8) is 0 Å². The van der Waals surface area contributed by atoms with Gasteiger partial charge in [0.2, 0.25) is 0 Å². The molecule has 0 bridgehead atoms. The van der Waals surface area contributed by atoms with Crippen LogP contribution >= 0.6 is 0 Å². The Hall–Kier alpha value is -1.35. The number of aliphatic carboxylic acids is 1. The molecule has 1 aromatic carbocycles. The fourth-order valence-electron chi connectivity index (χ4n) is 2.57. The van der Waals surface area contributed by atoms with Crippen LogP contribution in [0.5, 0.6) is 0 Å². The monoisotopic (exact) mass is 233 g/mol. The van der Waals surface area contributed by atoms with Gasteiger partial charge in [-0.1, -0.05) is 31.2 Å². The number of nitrogens with zero attached hydrogens (tertiary/aromatic N) is 1. The molecule has 0 spiro atoms. The smallest absolute Gasteiger partial charge is 0.320 e. The first kappa shape index (κ1) is 12.1. The van der Waals surface area contributed by atoms with Gasteiger partial charge in [0.15, 0.2) is 0 Å². The SMILES string of the molecule is CCc1ccccc1CN1CCC[C@@H]1C(=O)O. The van der Waals surface area contributed by atoms with Crippen molar-refractivity contribution in [2.75, 3.05) is 6.54 Å². The predicted octanol–water partition coefficient (Wildman–Crippen LogP) is 2.30. The van der Waals surface area contributed by atoms with Crippen molar-refractivity contribution < 1.29 is 9.90 Å². The lowest BCUT2D eigenvalue weighted by Gasteiger charge is -2.22. The summed E-state index contributed by atoms with van der Waals surface area (Å²) in [5.41, 5.74) is 2.59. The van der Waals surface area contributed by atoms with Crippen LogP contribution in [0, 0.1) is 0 Å². The summed E-state index contributed by atoms with van der Waals surface area (Å²) in [6.45, 7) is 3.80. The predicted molar refractivity (Wildman–Crippen MR) is 66.9 cm³/mol. The standard InChI is InChI=1S/C14H19NO2/c1-2-11-6-3-4-7-12(11)10-15-9-5-8-13(15)14(16)17/h3-4,6-7,13H,2,5,8-10H2,1H3,(H,16,17)/t13-/m1/s1. The van der Waals surface area contributed by atoms with E-state index in [-0.39, 0.29) is 6.04 Å². The van der Waals surface area contributed by atoms with Gasteiger partial charge in [-0.15, -0.1) is 0 Å². The van der Waals surface area contributed by atoms with Gasteiger partial charge in [-0.2, -0.15) is 0 Å². The molecule has 1 heterocycles. The third kappa shape index (κ3) is 2.67. The summed E-state index contributed by atoms with van der Waals surface area (Å²) in [5.74, 6) is -0.684. The van der Waals surface area contributed by atoms with Gasteiger partial charge in [-0.25, -0.2) is 0 Å². The van der Waals surface area contributed by atoms with E-state index in [1.807, 2.05) is 12.1 Å². The van der Waals surface area contributed by atoms with Crippen LogP contribution < -0.4 is 0 Å². The minimum atomic E-state index is -0.684. The largest absolute Gasteiger partial charge is 0.480 e. The van der Waals surface area contributed by atoms with Gasteiger partial charge >= 0.3 is 5.97 Å². The fraction of sp³-hybridized carbons (Fsp3) is 0.500. The summed E-state index contributed by atoms with van der Waals surface area (Å²) in [6.07, 6.45) is 2.77. The molecule has 0 aliphatic carbocycles. The summed E-state index contributed by atoms with van der Waals surface area (Å²) < 4.78 is 0. The highest BCUT2D eigenvalue weighted by Gasteiger charge is 2.30. The van der Waals surface area contributed by atoms with Crippen molar-refractivity contribution in [2.24, 2.45) is 0 Å². The van der Waals surface area contributed by atoms with Crippen LogP contribution in [0.3, 0.4) is 0 Å². The van der Waals surface area contributed by atoms with E-state index >= 15 is 0 Å². The molecule has 3 nitrogen and oxygen atoms in total. The molecule has 0 radical (unpaired) electrons. The molecule has 17 heavy (non-hydrogen) atoms. The molecule has 0 aromatic heterocycles. The fourth-order valence-corrected chi connectivity index (χ4v) is 2.57. The molecule has 1 fully saturated rings. The molecular formula is C14H19NO2. The second-order valence-corrected chi connectivity index (χ2v) is 4.59. The molecule has 1 aliphatic rings. The van der Waals surface area contributed by atoms with Gasteiger partial charge < -0.3 is 5.11 Å². The number of carboxylic acid groups (broad SMARTS) is 1. The third-order valence-electron chi connectivity index (χ3n) is 3.52. The maximum absolute atomic E-state index is 11.1. The van der Waals surface area contributed by atoms with E-state index < -0.39 is 5.97 Å². The van der Waals surface area contributed by atoms with Crippen LogP contribution in [-0.2, 0) is 17.8 Å². The Morgan fingerprint density at radius 1 is 1.41 bits per heavy atom. The minimum Gasteiger partial charge on any atom is -0.480 e. The van der Waals surface area contributed by atoms with E-state index in [4.69, 9.17) is 5.11 Å². The summed E-state index contributed by atoms with van der Waals surface area (Å²) in [6, 6.07) is 8.01. The zero-order valence-electron chi connectivity index (χ0n) is 10.2. The third-order valence-corrected chi connectivity index (χ3v) is 3.52. The highest BCUT2D eigenvalue weighted by Crippen LogP contribution is 2.21. The highest BCUT2D eigenvalue weighted by molar-refractivity contribution is 5.73. The van der Waals surface area contributed by atoms with Gasteiger partial charge in [0.1, 0.15) is 6.04 Å². The van der Waals surface area contributed by atoms with Crippen molar-refractivity contribution in [2.45, 2.75) is 38.8 Å². The summed E-state index contributed by atoms with van der Waals surface area (Å²) >= 11 is 0. The quantitative estimate of drug-likeness (QED) is 0.867. The molecule has 1 atom stereocenters. The molecule has 92 valence electrons. The molecule has 1 N–H and O–H groups in total. The zero-order valence-corrected chi connectivity index (χ0v) is 10.2. The van der Waals surface area contributed by atoms with Crippen LogP contribution in [0.1, 0.15) is 30.9 Å². The van der Waals surface area contributed by atoms with E-state index in [0.717, 1.165) is 32.4 Å². The summed E-state index contributed by atoms with van der Waals surface area (Å²) in [5, 5.41) is 9.15. The molecular weight excluding hydrogens is 214 g/mol. The van der Waals surface area contributed by atoms with Gasteiger partial charge in [0.25, 0.3) is 0 Å². The first-order valence-electron chi connectivity index (χ1n) is 6.26. The average Bonchev–Trinajstić information content (AvgIpc) is 2.78. The number of likely N-dealkylation sites (tertiary alicyclic amines) is 1. The second kappa shape index (κ2) is 5.32. The first-order chi connectivity index (χ1) is 8.22. The lowest BCUT2D eigenvalue weighted by atomic mass is 10.0. The molecule has 0 amide bonds. The Morgan fingerprint density at radius 3 is 2.76 bits per heavy atom. The average molecular weight is 233 g/mol. The van der Waals surface area contributed by atoms with Gasteiger partial charge in [-0.05, 0) is 36.9 Å². The normalized spacial score (nSPS) is 20.6. The van der Waals surface area contributed by atoms with Gasteiger partial charge in [0.05, 0.1) is 0 Å². The van der Waals surface area contributed by atoms with Crippen molar-refractivity contribution >= 4 is 5.97 Å². The zero-order chi connectivity index (χ0) is 12.3. The second-order valence-electron chi connectivity index (χ2n) is 4.59. The van der Waals surface area contributed by atoms with Gasteiger partial charge in [-0.3, -0.25) is 9.69 Å². The molecule has 0 saturated carbocycles. The molecule has 1 aromatic rings. The van der Waals surface area contributed by atoms with E-state index in [1.54, 1.807) is 0 Å². The van der Waals surface area contributed by atoms with Crippen LogP contribution in [0.25, 0.3) is 0 Å². The van der Waals surface area contributed by atoms with Crippen molar-refractivity contribution in [3.05, 3.63) is 35.4 Å². The Balaban J connectivity index is 2.12. The Kier molecular flexibility index (Phi) is 3.79. The van der Waals surface area contributed by atoms with Crippen molar-refractivity contribution in [1.82, 2.24) is 4.90 Å². The molecule has 2 rings (SSSR count). The Labute approximate surface area is 102 Å². The van der Waals surface area contributed by atoms with E-state index in [0.29, 0.717) is 0 Å². The number of benzene rings is 1. The van der Waals surface area contributed by atoms with E-state index in [9.17, 15) is 4.79 Å². The number of carboxylic acids is 1. The van der Waals surface area contributed by atoms with Crippen molar-refractivity contribution in [1.29, 1.82) is 0 Å². The van der Waals surface area contributed by atoms with Crippen LogP contribution in [0.4, 0.5) is 0 Å². The number of rotatable bonds is 4. The summed E-state index contributed by atoms with van der Waals surface area (Å²) in [4.78, 5) is 13.2. The first-order valence-corrected chi connectivity index (χ1v) is 6.26. The maximum atomic E-state index is 11.1. The highest BCUT2D eigenvalue weighted by atomic mass is 16.4. The van der Waals surface area contributed by atoms with E-state index in [2.05, 4.69) is 24.0 Å². The number of hydrogen-bond acceptors (Lipinski definition) is 2. The maximum Gasteiger partial charge on any atom is 0.320 e. The lowest BCUT2D eigenvalue weighted by Crippen LogP contribution is -2.35. The number of carbonyl (C=O) groups is 1.